The summed E-state index contributed by atoms with van der Waals surface area (Å²) in [6, 6.07) is 22.0. The van der Waals surface area contributed by atoms with Crippen LogP contribution in [0.1, 0.15) is 0 Å². The van der Waals surface area contributed by atoms with Crippen molar-refractivity contribution in [3.63, 3.8) is 0 Å². The molecule has 0 spiro atoms. The quantitative estimate of drug-likeness (QED) is 0.283. The molecule has 5 aromatic carbocycles. The minimum atomic E-state index is -0.226. The highest BCUT2D eigenvalue weighted by molar-refractivity contribution is 6.08. The van der Waals surface area contributed by atoms with Crippen LogP contribution in [0.5, 0.6) is 0 Å². The molecule has 2 heteroatoms. The standard InChI is InChI=1S/C22H12F2/c23-21-3-1-13-5-15-7-18-10-20-12-22(24)4-2-14(20)6-16(18)8-17(15)9-19(13)11-21/h1-12H. The van der Waals surface area contributed by atoms with E-state index in [1.807, 2.05) is 12.1 Å². The van der Waals surface area contributed by atoms with E-state index in [1.54, 1.807) is 24.3 Å². The van der Waals surface area contributed by atoms with Crippen LogP contribution < -0.4 is 0 Å². The predicted molar refractivity (Wildman–Crippen MR) is 96.4 cm³/mol. The van der Waals surface area contributed by atoms with Crippen molar-refractivity contribution in [3.05, 3.63) is 84.4 Å². The molecule has 0 heterocycles. The molecule has 0 N–H and O–H groups in total. The number of hydrogen-bond acceptors (Lipinski definition) is 0. The first-order valence-corrected chi connectivity index (χ1v) is 7.82. The molecule has 0 saturated carbocycles. The van der Waals surface area contributed by atoms with Crippen LogP contribution in [-0.2, 0) is 0 Å². The van der Waals surface area contributed by atoms with Gasteiger partial charge in [-0.3, -0.25) is 0 Å². The Kier molecular flexibility index (Phi) is 2.66. The van der Waals surface area contributed by atoms with Gasteiger partial charge in [0, 0.05) is 0 Å². The lowest BCUT2D eigenvalue weighted by Crippen LogP contribution is -1.82. The molecule has 114 valence electrons. The zero-order valence-electron chi connectivity index (χ0n) is 12.7. The Balaban J connectivity index is 1.88. The Morgan fingerprint density at radius 3 is 1.00 bits per heavy atom. The lowest BCUT2D eigenvalue weighted by molar-refractivity contribution is 0.629. The van der Waals surface area contributed by atoms with Crippen LogP contribution in [0.15, 0.2) is 72.8 Å². The van der Waals surface area contributed by atoms with E-state index in [0.717, 1.165) is 43.1 Å². The molecule has 0 aliphatic rings. The first-order valence-electron chi connectivity index (χ1n) is 7.82. The van der Waals surface area contributed by atoms with Crippen molar-refractivity contribution in [2.45, 2.75) is 0 Å². The molecule has 0 nitrogen and oxygen atoms in total. The average molecular weight is 314 g/mol. The SMILES string of the molecule is Fc1ccc2cc3cc4cc5cc(F)ccc5cc4cc3cc2c1. The van der Waals surface area contributed by atoms with Crippen LogP contribution in [0.3, 0.4) is 0 Å². The Labute approximate surface area is 136 Å². The van der Waals surface area contributed by atoms with Gasteiger partial charge in [0.1, 0.15) is 11.6 Å². The molecule has 0 fully saturated rings. The summed E-state index contributed by atoms with van der Waals surface area (Å²) in [7, 11) is 0. The molecular formula is C22H12F2. The van der Waals surface area contributed by atoms with Crippen molar-refractivity contribution in [1.29, 1.82) is 0 Å². The molecule has 0 amide bonds. The normalized spacial score (nSPS) is 11.8. The van der Waals surface area contributed by atoms with Gasteiger partial charge in [0.25, 0.3) is 0 Å². The minimum Gasteiger partial charge on any atom is -0.207 e. The molecule has 0 saturated heterocycles. The van der Waals surface area contributed by atoms with Gasteiger partial charge in [-0.1, -0.05) is 12.1 Å². The average Bonchev–Trinajstić information content (AvgIpc) is 2.56. The third kappa shape index (κ3) is 2.04. The third-order valence-corrected chi connectivity index (χ3v) is 4.63. The summed E-state index contributed by atoms with van der Waals surface area (Å²) in [6.07, 6.45) is 0. The molecule has 24 heavy (non-hydrogen) atoms. The van der Waals surface area contributed by atoms with E-state index in [4.69, 9.17) is 0 Å². The summed E-state index contributed by atoms with van der Waals surface area (Å²) in [5, 5.41) is 8.14. The predicted octanol–water partition coefficient (Wildman–Crippen LogP) is 6.58. The van der Waals surface area contributed by atoms with Crippen molar-refractivity contribution in [3.8, 4) is 0 Å². The van der Waals surface area contributed by atoms with Gasteiger partial charge in [-0.15, -0.1) is 0 Å². The van der Waals surface area contributed by atoms with Gasteiger partial charge in [0.2, 0.25) is 0 Å². The zero-order chi connectivity index (χ0) is 16.3. The summed E-state index contributed by atoms with van der Waals surface area (Å²) >= 11 is 0. The van der Waals surface area contributed by atoms with Crippen molar-refractivity contribution in [2.24, 2.45) is 0 Å². The maximum absolute atomic E-state index is 13.5. The summed E-state index contributed by atoms with van der Waals surface area (Å²) < 4.78 is 26.9. The van der Waals surface area contributed by atoms with Gasteiger partial charge < -0.3 is 0 Å². The maximum atomic E-state index is 13.5. The van der Waals surface area contributed by atoms with Gasteiger partial charge in [0.05, 0.1) is 0 Å². The second-order valence-electron chi connectivity index (χ2n) is 6.23. The van der Waals surface area contributed by atoms with Gasteiger partial charge in [-0.05, 0) is 104 Å². The Morgan fingerprint density at radius 2 is 0.625 bits per heavy atom. The monoisotopic (exact) mass is 314 g/mol. The van der Waals surface area contributed by atoms with E-state index in [2.05, 4.69) is 24.3 Å². The fourth-order valence-corrected chi connectivity index (χ4v) is 3.44. The van der Waals surface area contributed by atoms with E-state index < -0.39 is 0 Å². The fourth-order valence-electron chi connectivity index (χ4n) is 3.44. The highest BCUT2D eigenvalue weighted by Crippen LogP contribution is 2.30. The molecule has 0 atom stereocenters. The van der Waals surface area contributed by atoms with Crippen molar-refractivity contribution in [2.75, 3.05) is 0 Å². The number of hydrogen-bond donors (Lipinski definition) is 0. The Hall–Kier alpha value is -3.00. The second-order valence-corrected chi connectivity index (χ2v) is 6.23. The van der Waals surface area contributed by atoms with Gasteiger partial charge in [-0.25, -0.2) is 8.78 Å². The molecule has 0 bridgehead atoms. The van der Waals surface area contributed by atoms with E-state index in [0.29, 0.717) is 0 Å². The van der Waals surface area contributed by atoms with Crippen LogP contribution in [0, 0.1) is 11.6 Å². The van der Waals surface area contributed by atoms with Crippen LogP contribution in [0.25, 0.3) is 43.1 Å². The van der Waals surface area contributed by atoms with Crippen molar-refractivity contribution < 1.29 is 8.78 Å². The van der Waals surface area contributed by atoms with E-state index >= 15 is 0 Å². The summed E-state index contributed by atoms with van der Waals surface area (Å²) in [4.78, 5) is 0. The maximum Gasteiger partial charge on any atom is 0.123 e. The van der Waals surface area contributed by atoms with E-state index in [1.165, 1.54) is 12.1 Å². The lowest BCUT2D eigenvalue weighted by atomic mass is 9.97. The highest BCUT2D eigenvalue weighted by Gasteiger charge is 2.04. The van der Waals surface area contributed by atoms with E-state index in [-0.39, 0.29) is 11.6 Å². The summed E-state index contributed by atoms with van der Waals surface area (Å²) in [5.41, 5.74) is 0. The number of rotatable bonds is 0. The number of halogens is 2. The highest BCUT2D eigenvalue weighted by atomic mass is 19.1. The van der Waals surface area contributed by atoms with Crippen LogP contribution in [0.4, 0.5) is 8.78 Å². The van der Waals surface area contributed by atoms with Crippen LogP contribution in [-0.4, -0.2) is 0 Å². The van der Waals surface area contributed by atoms with Gasteiger partial charge >= 0.3 is 0 Å². The second kappa shape index (κ2) is 4.75. The number of fused-ring (bicyclic) bond motifs is 4. The number of benzene rings is 5. The molecule has 0 aliphatic carbocycles. The van der Waals surface area contributed by atoms with Gasteiger partial charge in [0.15, 0.2) is 0 Å². The van der Waals surface area contributed by atoms with Crippen LogP contribution >= 0.6 is 0 Å². The van der Waals surface area contributed by atoms with Gasteiger partial charge in [-0.2, -0.15) is 0 Å². The van der Waals surface area contributed by atoms with Crippen molar-refractivity contribution in [1.82, 2.24) is 0 Å². The smallest absolute Gasteiger partial charge is 0.123 e. The lowest BCUT2D eigenvalue weighted by Gasteiger charge is -2.07. The molecule has 0 aromatic heterocycles. The van der Waals surface area contributed by atoms with E-state index in [9.17, 15) is 8.78 Å². The minimum absolute atomic E-state index is 0.226. The zero-order valence-corrected chi connectivity index (χ0v) is 12.7. The fraction of sp³-hybridized carbons (Fsp3) is 0. The molecule has 0 radical (unpaired) electrons. The largest absolute Gasteiger partial charge is 0.207 e. The summed E-state index contributed by atoms with van der Waals surface area (Å²) in [5.74, 6) is -0.452. The Morgan fingerprint density at radius 1 is 0.333 bits per heavy atom. The molecule has 5 aromatic rings. The molecule has 5 rings (SSSR count). The first-order chi connectivity index (χ1) is 11.7. The first kappa shape index (κ1) is 13.4. The van der Waals surface area contributed by atoms with Crippen LogP contribution in [0.2, 0.25) is 0 Å². The molecular weight excluding hydrogens is 302 g/mol. The Bertz CT molecular complexity index is 1170. The summed E-state index contributed by atoms with van der Waals surface area (Å²) in [6.45, 7) is 0. The third-order valence-electron chi connectivity index (χ3n) is 4.63. The molecule has 0 aliphatic heterocycles. The topological polar surface area (TPSA) is 0 Å². The van der Waals surface area contributed by atoms with Crippen molar-refractivity contribution >= 4 is 43.1 Å². The molecule has 0 unspecified atom stereocenters.